The first-order valence-corrected chi connectivity index (χ1v) is 21.6. The summed E-state index contributed by atoms with van der Waals surface area (Å²) >= 11 is 0. The van der Waals surface area contributed by atoms with Crippen LogP contribution in [-0.4, -0.2) is 6.04 Å². The molecule has 0 N–H and O–H groups in total. The summed E-state index contributed by atoms with van der Waals surface area (Å²) in [5.41, 5.74) is 15.6. The molecule has 0 saturated heterocycles. The minimum Gasteiger partial charge on any atom is -0.453 e. The molecular weight excluding hydrogens is 753 g/mol. The fraction of sp³-hybridized carbons (Fsp3) is 0.0508. The molecule has 2 aliphatic carbocycles. The maximum Gasteiger partial charge on any atom is 0.159 e. The zero-order valence-electron chi connectivity index (χ0n) is 33.9. The summed E-state index contributed by atoms with van der Waals surface area (Å²) in [6.07, 6.45) is 9.06. The van der Waals surface area contributed by atoms with Gasteiger partial charge >= 0.3 is 0 Å². The van der Waals surface area contributed by atoms with Gasteiger partial charge in [-0.05, 0) is 87.3 Å². The van der Waals surface area contributed by atoms with Crippen molar-refractivity contribution < 1.29 is 4.42 Å². The van der Waals surface area contributed by atoms with E-state index in [-0.39, 0.29) is 6.04 Å². The molecule has 292 valence electrons. The van der Waals surface area contributed by atoms with Crippen LogP contribution in [0.15, 0.2) is 235 Å². The van der Waals surface area contributed by atoms with Crippen molar-refractivity contribution in [1.82, 2.24) is 0 Å². The third kappa shape index (κ3) is 4.88. The molecule has 9 aromatic carbocycles. The number of benzene rings is 9. The molecule has 3 aliphatic rings. The molecule has 0 amide bonds. The van der Waals surface area contributed by atoms with Crippen molar-refractivity contribution in [3.8, 4) is 11.1 Å². The van der Waals surface area contributed by atoms with E-state index in [2.05, 4.69) is 240 Å². The second-order valence-corrected chi connectivity index (χ2v) is 16.7. The quantitative estimate of drug-likeness (QED) is 0.167. The largest absolute Gasteiger partial charge is 0.453 e. The predicted molar refractivity (Wildman–Crippen MR) is 257 cm³/mol. The van der Waals surface area contributed by atoms with Crippen LogP contribution in [-0.2, 0) is 5.41 Å². The first-order chi connectivity index (χ1) is 30.8. The van der Waals surface area contributed by atoms with Crippen molar-refractivity contribution in [1.29, 1.82) is 0 Å². The number of allylic oxidation sites excluding steroid dienone is 2. The Hall–Kier alpha value is -7.88. The predicted octanol–water partition coefficient (Wildman–Crippen LogP) is 15.3. The minimum absolute atomic E-state index is 0.219. The number of para-hydroxylation sites is 2. The van der Waals surface area contributed by atoms with E-state index < -0.39 is 5.41 Å². The zero-order chi connectivity index (χ0) is 40.8. The number of rotatable bonds is 6. The van der Waals surface area contributed by atoms with E-state index in [1.165, 1.54) is 44.6 Å². The van der Waals surface area contributed by atoms with Gasteiger partial charge in [-0.3, -0.25) is 0 Å². The van der Waals surface area contributed by atoms with Crippen molar-refractivity contribution in [2.45, 2.75) is 17.4 Å². The molecule has 2 atom stereocenters. The van der Waals surface area contributed by atoms with E-state index in [1.54, 1.807) is 0 Å². The molecule has 3 heteroatoms. The van der Waals surface area contributed by atoms with Gasteiger partial charge in [0.05, 0.1) is 22.8 Å². The summed E-state index contributed by atoms with van der Waals surface area (Å²) in [6, 6.07) is 75.8. The molecule has 0 saturated carbocycles. The number of anilines is 5. The molecule has 1 aromatic heterocycles. The number of hydrogen-bond acceptors (Lipinski definition) is 3. The maximum atomic E-state index is 7.13. The highest BCUT2D eigenvalue weighted by Crippen LogP contribution is 2.60. The molecule has 0 radical (unpaired) electrons. The Kier molecular flexibility index (Phi) is 7.65. The number of nitrogens with zero attached hydrogens (tertiary/aromatic N) is 2. The Morgan fingerprint density at radius 2 is 1.11 bits per heavy atom. The van der Waals surface area contributed by atoms with Crippen LogP contribution in [0.2, 0.25) is 0 Å². The molecule has 3 nitrogen and oxygen atoms in total. The van der Waals surface area contributed by atoms with Crippen molar-refractivity contribution in [3.63, 3.8) is 0 Å². The van der Waals surface area contributed by atoms with E-state index in [0.29, 0.717) is 5.92 Å². The van der Waals surface area contributed by atoms with Crippen LogP contribution in [0.25, 0.3) is 43.8 Å². The third-order valence-corrected chi connectivity index (χ3v) is 13.7. The second kappa shape index (κ2) is 13.6. The van der Waals surface area contributed by atoms with Crippen molar-refractivity contribution >= 4 is 61.1 Å². The SMILES string of the molecule is C1=CC2c3ccccc3N(c3ccc(N(c4cccc5c4-c4ccccc4C5(c4ccccc4)c4ccccc4)c4cccc5c4oc4c6ccccc6ccc54)cc3)C2C=C1. The first-order valence-electron chi connectivity index (χ1n) is 21.6. The highest BCUT2D eigenvalue weighted by atomic mass is 16.3. The van der Waals surface area contributed by atoms with Gasteiger partial charge < -0.3 is 14.2 Å². The number of furan rings is 1. The van der Waals surface area contributed by atoms with Crippen LogP contribution in [0.3, 0.4) is 0 Å². The number of fused-ring (bicyclic) bond motifs is 11. The monoisotopic (exact) mass is 792 g/mol. The van der Waals surface area contributed by atoms with Crippen molar-refractivity contribution in [2.24, 2.45) is 0 Å². The summed E-state index contributed by atoms with van der Waals surface area (Å²) in [5.74, 6) is 0.315. The summed E-state index contributed by atoms with van der Waals surface area (Å²) in [4.78, 5) is 4.95. The normalized spacial score (nSPS) is 16.7. The number of hydrogen-bond donors (Lipinski definition) is 0. The lowest BCUT2D eigenvalue weighted by atomic mass is 9.68. The zero-order valence-corrected chi connectivity index (χ0v) is 33.9. The van der Waals surface area contributed by atoms with E-state index in [9.17, 15) is 0 Å². The summed E-state index contributed by atoms with van der Waals surface area (Å²) in [7, 11) is 0. The van der Waals surface area contributed by atoms with Crippen LogP contribution in [0.1, 0.15) is 33.7 Å². The lowest BCUT2D eigenvalue weighted by Crippen LogP contribution is -2.28. The average Bonchev–Trinajstić information content (AvgIpc) is 4.00. The molecule has 2 unspecified atom stereocenters. The molecule has 0 spiro atoms. The molecule has 13 rings (SSSR count). The standard InChI is InChI=1S/C59H40N2O/c1-3-18-40(19-4-1)59(41-20-5-2-6-21-41)50-27-12-9-25-49(50)56-51(59)28-16-31-54(56)61(55-32-15-26-47-48-38-33-39-17-7-8-22-44(39)57(48)62-58(47)55)43-36-34-42(35-37-43)60-52-29-13-10-23-45(52)46-24-11-14-30-53(46)60/h1-38,45,52H. The molecular formula is C59H40N2O. The van der Waals surface area contributed by atoms with Crippen LogP contribution >= 0.6 is 0 Å². The van der Waals surface area contributed by atoms with Crippen molar-refractivity contribution in [3.05, 3.63) is 258 Å². The molecule has 1 aliphatic heterocycles. The Bertz CT molecular complexity index is 3390. The smallest absolute Gasteiger partial charge is 0.159 e. The van der Waals surface area contributed by atoms with Gasteiger partial charge in [-0.2, -0.15) is 0 Å². The minimum atomic E-state index is -0.536. The van der Waals surface area contributed by atoms with E-state index in [1.807, 2.05) is 0 Å². The molecule has 0 fully saturated rings. The van der Waals surface area contributed by atoms with Crippen LogP contribution in [0.5, 0.6) is 0 Å². The van der Waals surface area contributed by atoms with E-state index in [0.717, 1.165) is 55.5 Å². The van der Waals surface area contributed by atoms with Gasteiger partial charge in [0.15, 0.2) is 5.58 Å². The Balaban J connectivity index is 1.08. The summed E-state index contributed by atoms with van der Waals surface area (Å²) in [6.45, 7) is 0. The first kappa shape index (κ1) is 34.9. The lowest BCUT2D eigenvalue weighted by Gasteiger charge is -2.34. The Morgan fingerprint density at radius 1 is 0.468 bits per heavy atom. The van der Waals surface area contributed by atoms with Crippen LogP contribution < -0.4 is 9.80 Å². The second-order valence-electron chi connectivity index (χ2n) is 16.7. The van der Waals surface area contributed by atoms with Crippen molar-refractivity contribution in [2.75, 3.05) is 9.80 Å². The highest BCUT2D eigenvalue weighted by molar-refractivity contribution is 6.18. The average molecular weight is 793 g/mol. The van der Waals surface area contributed by atoms with Crippen LogP contribution in [0.4, 0.5) is 28.4 Å². The van der Waals surface area contributed by atoms with Crippen LogP contribution in [0, 0.1) is 0 Å². The van der Waals surface area contributed by atoms with Gasteiger partial charge in [0, 0.05) is 44.7 Å². The van der Waals surface area contributed by atoms with Gasteiger partial charge in [-0.15, -0.1) is 0 Å². The maximum absolute atomic E-state index is 7.13. The molecule has 2 heterocycles. The fourth-order valence-corrected chi connectivity index (χ4v) is 11.1. The van der Waals surface area contributed by atoms with E-state index in [4.69, 9.17) is 4.42 Å². The van der Waals surface area contributed by atoms with Gasteiger partial charge in [-0.1, -0.05) is 182 Å². The van der Waals surface area contributed by atoms with E-state index >= 15 is 0 Å². The Morgan fingerprint density at radius 3 is 1.95 bits per heavy atom. The highest BCUT2D eigenvalue weighted by Gasteiger charge is 2.47. The summed E-state index contributed by atoms with van der Waals surface area (Å²) < 4.78 is 7.13. The summed E-state index contributed by atoms with van der Waals surface area (Å²) in [5, 5.41) is 4.49. The third-order valence-electron chi connectivity index (χ3n) is 13.7. The van der Waals surface area contributed by atoms with Gasteiger partial charge in [0.1, 0.15) is 5.58 Å². The van der Waals surface area contributed by atoms with Gasteiger partial charge in [0.25, 0.3) is 0 Å². The molecule has 10 aromatic rings. The lowest BCUT2D eigenvalue weighted by molar-refractivity contribution is 0.673. The molecule has 62 heavy (non-hydrogen) atoms. The fourth-order valence-electron chi connectivity index (χ4n) is 11.1. The van der Waals surface area contributed by atoms with Gasteiger partial charge in [-0.25, -0.2) is 0 Å². The van der Waals surface area contributed by atoms with Gasteiger partial charge in [0.2, 0.25) is 0 Å². The topological polar surface area (TPSA) is 19.6 Å². The molecule has 0 bridgehead atoms. The Labute approximate surface area is 360 Å².